The van der Waals surface area contributed by atoms with Crippen molar-refractivity contribution < 1.29 is 0 Å². The first-order chi connectivity index (χ1) is 8.42. The quantitative estimate of drug-likeness (QED) is 0.740. The van der Waals surface area contributed by atoms with Crippen LogP contribution in [0.4, 0.5) is 5.82 Å². The van der Waals surface area contributed by atoms with E-state index in [0.29, 0.717) is 0 Å². The predicted octanol–water partition coefficient (Wildman–Crippen LogP) is 1.36. The van der Waals surface area contributed by atoms with Crippen molar-refractivity contribution in [2.45, 2.75) is 19.3 Å². The minimum atomic E-state index is 0.875. The van der Waals surface area contributed by atoms with Crippen molar-refractivity contribution in [2.75, 3.05) is 18.0 Å². The number of fused-ring (bicyclic) bond motifs is 2. The Balaban J connectivity index is 1.73. The second kappa shape index (κ2) is 3.42. The van der Waals surface area contributed by atoms with Crippen LogP contribution in [0.5, 0.6) is 0 Å². The molecule has 0 aromatic carbocycles. The van der Waals surface area contributed by atoms with Crippen molar-refractivity contribution in [3.05, 3.63) is 18.7 Å². The van der Waals surface area contributed by atoms with Gasteiger partial charge in [-0.15, -0.1) is 10.2 Å². The van der Waals surface area contributed by atoms with E-state index < -0.39 is 0 Å². The third-order valence-electron chi connectivity index (χ3n) is 4.22. The molecule has 5 nitrogen and oxygen atoms in total. The number of hydrogen-bond acceptors (Lipinski definition) is 4. The molecule has 0 amide bonds. The lowest BCUT2D eigenvalue weighted by molar-refractivity contribution is 0.494. The maximum absolute atomic E-state index is 4.49. The summed E-state index contributed by atoms with van der Waals surface area (Å²) >= 11 is 0. The van der Waals surface area contributed by atoms with Gasteiger partial charge in [0.2, 0.25) is 5.65 Å². The molecule has 2 fully saturated rings. The molecule has 0 radical (unpaired) electrons. The average molecular weight is 229 g/mol. The highest BCUT2D eigenvalue weighted by molar-refractivity contribution is 5.63. The molecule has 17 heavy (non-hydrogen) atoms. The number of hydrogen-bond donors (Lipinski definition) is 0. The largest absolute Gasteiger partial charge is 0.353 e. The van der Waals surface area contributed by atoms with Crippen LogP contribution in [0.15, 0.2) is 18.7 Å². The molecule has 2 aromatic rings. The van der Waals surface area contributed by atoms with Gasteiger partial charge in [0.15, 0.2) is 5.82 Å². The zero-order chi connectivity index (χ0) is 11.2. The normalized spacial score (nSPS) is 27.9. The van der Waals surface area contributed by atoms with E-state index in [-0.39, 0.29) is 0 Å². The van der Waals surface area contributed by atoms with Gasteiger partial charge in [0.05, 0.1) is 0 Å². The third kappa shape index (κ3) is 1.34. The SMILES string of the molecule is c1cn2cnnc2c(N2C[C@@H]3CCC[C@H]3C2)n1. The molecule has 2 aromatic heterocycles. The van der Waals surface area contributed by atoms with Gasteiger partial charge in [-0.05, 0) is 24.7 Å². The Labute approximate surface area is 99.5 Å². The molecule has 1 aliphatic heterocycles. The second-order valence-electron chi connectivity index (χ2n) is 5.17. The van der Waals surface area contributed by atoms with E-state index in [1.54, 1.807) is 6.33 Å². The Hall–Kier alpha value is -1.65. The first-order valence-electron chi connectivity index (χ1n) is 6.31. The van der Waals surface area contributed by atoms with Gasteiger partial charge >= 0.3 is 0 Å². The fraction of sp³-hybridized carbons (Fsp3) is 0.583. The van der Waals surface area contributed by atoms with Crippen LogP contribution >= 0.6 is 0 Å². The van der Waals surface area contributed by atoms with Crippen LogP contribution in [-0.4, -0.2) is 32.7 Å². The second-order valence-corrected chi connectivity index (χ2v) is 5.17. The molecule has 3 heterocycles. The average Bonchev–Trinajstić information content (AvgIpc) is 3.02. The summed E-state index contributed by atoms with van der Waals surface area (Å²) < 4.78 is 1.94. The van der Waals surface area contributed by atoms with Gasteiger partial charge < -0.3 is 4.90 Å². The van der Waals surface area contributed by atoms with Crippen LogP contribution in [-0.2, 0) is 0 Å². The Morgan fingerprint density at radius 2 is 2.00 bits per heavy atom. The lowest BCUT2D eigenvalue weighted by Crippen LogP contribution is -2.22. The zero-order valence-corrected chi connectivity index (χ0v) is 9.66. The molecule has 0 unspecified atom stereocenters. The van der Waals surface area contributed by atoms with E-state index in [2.05, 4.69) is 20.1 Å². The van der Waals surface area contributed by atoms with E-state index in [1.165, 1.54) is 19.3 Å². The van der Waals surface area contributed by atoms with Crippen molar-refractivity contribution in [3.8, 4) is 0 Å². The summed E-state index contributed by atoms with van der Waals surface area (Å²) in [5.41, 5.74) is 0.882. The van der Waals surface area contributed by atoms with Gasteiger partial charge in [0.25, 0.3) is 0 Å². The Bertz CT molecular complexity index is 537. The molecule has 1 saturated heterocycles. The summed E-state index contributed by atoms with van der Waals surface area (Å²) in [6, 6.07) is 0. The smallest absolute Gasteiger partial charge is 0.203 e. The van der Waals surface area contributed by atoms with Gasteiger partial charge in [0.1, 0.15) is 6.33 Å². The molecule has 0 N–H and O–H groups in total. The fourth-order valence-corrected chi connectivity index (χ4v) is 3.38. The summed E-state index contributed by atoms with van der Waals surface area (Å²) in [4.78, 5) is 6.88. The fourth-order valence-electron chi connectivity index (χ4n) is 3.38. The first kappa shape index (κ1) is 9.39. The van der Waals surface area contributed by atoms with Crippen LogP contribution in [0.3, 0.4) is 0 Å². The topological polar surface area (TPSA) is 46.3 Å². The highest BCUT2D eigenvalue weighted by atomic mass is 15.3. The maximum Gasteiger partial charge on any atom is 0.203 e. The van der Waals surface area contributed by atoms with Crippen molar-refractivity contribution in [1.82, 2.24) is 19.6 Å². The molecule has 0 bridgehead atoms. The summed E-state index contributed by atoms with van der Waals surface area (Å²) in [5, 5.41) is 8.12. The molecule has 5 heteroatoms. The lowest BCUT2D eigenvalue weighted by atomic mass is 10.0. The highest BCUT2D eigenvalue weighted by Gasteiger charge is 2.37. The van der Waals surface area contributed by atoms with Crippen LogP contribution in [0, 0.1) is 11.8 Å². The summed E-state index contributed by atoms with van der Waals surface area (Å²) in [6.07, 6.45) is 9.65. The van der Waals surface area contributed by atoms with Crippen molar-refractivity contribution >= 4 is 11.5 Å². The highest BCUT2D eigenvalue weighted by Crippen LogP contribution is 2.39. The summed E-state index contributed by atoms with van der Waals surface area (Å²) in [6.45, 7) is 2.29. The lowest BCUT2D eigenvalue weighted by Gasteiger charge is -2.18. The zero-order valence-electron chi connectivity index (χ0n) is 9.66. The maximum atomic E-state index is 4.49. The standard InChI is InChI=1S/C12H15N5/c1-2-9-6-17(7-10(9)3-1)11-12-15-14-8-16(12)5-4-13-11/h4-5,8-10H,1-3,6-7H2/t9-,10-/m0/s1. The molecular formula is C12H15N5. The molecule has 2 atom stereocenters. The van der Waals surface area contributed by atoms with E-state index in [9.17, 15) is 0 Å². The molecule has 1 aliphatic carbocycles. The minimum absolute atomic E-state index is 0.875. The first-order valence-corrected chi connectivity index (χ1v) is 6.31. The minimum Gasteiger partial charge on any atom is -0.353 e. The molecule has 0 spiro atoms. The third-order valence-corrected chi connectivity index (χ3v) is 4.22. The van der Waals surface area contributed by atoms with Crippen molar-refractivity contribution in [2.24, 2.45) is 11.8 Å². The Morgan fingerprint density at radius 3 is 2.82 bits per heavy atom. The van der Waals surface area contributed by atoms with Crippen LogP contribution in [0.2, 0.25) is 0 Å². The molecule has 1 saturated carbocycles. The van der Waals surface area contributed by atoms with E-state index in [0.717, 1.165) is 36.4 Å². The monoisotopic (exact) mass is 229 g/mol. The number of aromatic nitrogens is 4. The van der Waals surface area contributed by atoms with Gasteiger partial charge in [-0.1, -0.05) is 6.42 Å². The van der Waals surface area contributed by atoms with Gasteiger partial charge in [0, 0.05) is 25.5 Å². The van der Waals surface area contributed by atoms with Crippen molar-refractivity contribution in [1.29, 1.82) is 0 Å². The predicted molar refractivity (Wildman–Crippen MR) is 63.8 cm³/mol. The number of nitrogens with zero attached hydrogens (tertiary/aromatic N) is 5. The van der Waals surface area contributed by atoms with Crippen LogP contribution in [0.1, 0.15) is 19.3 Å². The molecule has 2 aliphatic rings. The summed E-state index contributed by atoms with van der Waals surface area (Å²) in [5.74, 6) is 2.75. The van der Waals surface area contributed by atoms with Crippen LogP contribution in [0.25, 0.3) is 5.65 Å². The van der Waals surface area contributed by atoms with E-state index in [4.69, 9.17) is 0 Å². The van der Waals surface area contributed by atoms with E-state index in [1.807, 2.05) is 16.8 Å². The van der Waals surface area contributed by atoms with Gasteiger partial charge in [-0.2, -0.15) is 0 Å². The van der Waals surface area contributed by atoms with Crippen molar-refractivity contribution in [3.63, 3.8) is 0 Å². The molecular weight excluding hydrogens is 214 g/mol. The Kier molecular flexibility index (Phi) is 1.89. The van der Waals surface area contributed by atoms with Gasteiger partial charge in [-0.25, -0.2) is 4.98 Å². The van der Waals surface area contributed by atoms with E-state index >= 15 is 0 Å². The molecule has 4 rings (SSSR count). The Morgan fingerprint density at radius 1 is 1.18 bits per heavy atom. The number of anilines is 1. The molecule has 88 valence electrons. The van der Waals surface area contributed by atoms with Gasteiger partial charge in [-0.3, -0.25) is 4.40 Å². The van der Waals surface area contributed by atoms with Crippen LogP contribution < -0.4 is 4.90 Å². The summed E-state index contributed by atoms with van der Waals surface area (Å²) in [7, 11) is 0. The number of rotatable bonds is 1.